The second kappa shape index (κ2) is 6.24. The lowest BCUT2D eigenvalue weighted by atomic mass is 9.95. The van der Waals surface area contributed by atoms with Crippen molar-refractivity contribution in [3.63, 3.8) is 0 Å². The average Bonchev–Trinajstić information content (AvgIpc) is 3.08. The first kappa shape index (κ1) is 15.3. The van der Waals surface area contributed by atoms with Gasteiger partial charge in [-0.25, -0.2) is 8.42 Å². The van der Waals surface area contributed by atoms with Crippen molar-refractivity contribution in [2.24, 2.45) is 5.92 Å². The number of nitrogens with zero attached hydrogens (tertiary/aromatic N) is 1. The van der Waals surface area contributed by atoms with E-state index < -0.39 is 9.84 Å². The number of carbonyl (C=O) groups excluding carboxylic acids is 1. The minimum absolute atomic E-state index is 0.112. The summed E-state index contributed by atoms with van der Waals surface area (Å²) in [6, 6.07) is 0.223. The quantitative estimate of drug-likeness (QED) is 0.842. The maximum atomic E-state index is 12.6. The van der Waals surface area contributed by atoms with E-state index in [1.807, 2.05) is 0 Å². The summed E-state index contributed by atoms with van der Waals surface area (Å²) in [5, 5.41) is 3.19. The largest absolute Gasteiger partial charge is 0.339 e. The fourth-order valence-corrected chi connectivity index (χ4v) is 5.71. The van der Waals surface area contributed by atoms with Gasteiger partial charge in [0.15, 0.2) is 9.84 Å². The van der Waals surface area contributed by atoms with Crippen molar-refractivity contribution in [3.8, 4) is 0 Å². The third-order valence-corrected chi connectivity index (χ3v) is 7.02. The van der Waals surface area contributed by atoms with Crippen molar-refractivity contribution in [1.82, 2.24) is 10.2 Å². The van der Waals surface area contributed by atoms with Crippen LogP contribution in [0.15, 0.2) is 0 Å². The number of carbonyl (C=O) groups is 1. The van der Waals surface area contributed by atoms with Gasteiger partial charge in [0.05, 0.1) is 11.5 Å². The molecule has 0 aromatic heterocycles. The molecule has 3 rings (SSSR count). The molecule has 21 heavy (non-hydrogen) atoms. The van der Waals surface area contributed by atoms with Gasteiger partial charge in [-0.05, 0) is 31.6 Å². The maximum Gasteiger partial charge on any atom is 0.224 e. The summed E-state index contributed by atoms with van der Waals surface area (Å²) in [4.78, 5) is 14.6. The minimum Gasteiger partial charge on any atom is -0.339 e. The Morgan fingerprint density at radius 3 is 2.62 bits per heavy atom. The fraction of sp³-hybridized carbons (Fsp3) is 0.933. The molecule has 2 aliphatic heterocycles. The van der Waals surface area contributed by atoms with Crippen LogP contribution in [0.4, 0.5) is 0 Å². The number of likely N-dealkylation sites (tertiary alicyclic amines) is 1. The number of rotatable bonds is 3. The average molecular weight is 314 g/mol. The molecule has 0 aromatic carbocycles. The summed E-state index contributed by atoms with van der Waals surface area (Å²) in [6.45, 7) is 1.34. The van der Waals surface area contributed by atoms with Gasteiger partial charge in [0.25, 0.3) is 0 Å². The van der Waals surface area contributed by atoms with Crippen LogP contribution in [0, 0.1) is 5.92 Å². The molecule has 0 spiro atoms. The van der Waals surface area contributed by atoms with E-state index in [0.29, 0.717) is 24.9 Å². The Morgan fingerprint density at radius 2 is 1.90 bits per heavy atom. The molecule has 0 radical (unpaired) electrons. The van der Waals surface area contributed by atoms with Crippen LogP contribution in [0.5, 0.6) is 0 Å². The monoisotopic (exact) mass is 314 g/mol. The molecule has 5 nitrogen and oxygen atoms in total. The lowest BCUT2D eigenvalue weighted by Crippen LogP contribution is -2.49. The molecule has 3 aliphatic rings. The van der Waals surface area contributed by atoms with E-state index in [4.69, 9.17) is 0 Å². The van der Waals surface area contributed by atoms with Gasteiger partial charge >= 0.3 is 0 Å². The SMILES string of the molecule is O=C(CC1CS(=O)(=O)CCN1)N1CCCC1C1CCCC1. The Hall–Kier alpha value is -0.620. The molecule has 2 saturated heterocycles. The van der Waals surface area contributed by atoms with Crippen molar-refractivity contribution in [2.75, 3.05) is 24.6 Å². The lowest BCUT2D eigenvalue weighted by molar-refractivity contribution is -0.133. The van der Waals surface area contributed by atoms with E-state index in [0.717, 1.165) is 19.4 Å². The van der Waals surface area contributed by atoms with Crippen molar-refractivity contribution in [3.05, 3.63) is 0 Å². The van der Waals surface area contributed by atoms with Gasteiger partial charge in [-0.15, -0.1) is 0 Å². The van der Waals surface area contributed by atoms with Crippen LogP contribution in [-0.4, -0.2) is 55.9 Å². The van der Waals surface area contributed by atoms with Gasteiger partial charge in [0.2, 0.25) is 5.91 Å². The van der Waals surface area contributed by atoms with Gasteiger partial charge in [-0.3, -0.25) is 4.79 Å². The first-order valence-corrected chi connectivity index (χ1v) is 10.1. The molecule has 3 fully saturated rings. The van der Waals surface area contributed by atoms with E-state index in [-0.39, 0.29) is 23.5 Å². The maximum absolute atomic E-state index is 12.6. The van der Waals surface area contributed by atoms with E-state index in [2.05, 4.69) is 10.2 Å². The van der Waals surface area contributed by atoms with Gasteiger partial charge in [0, 0.05) is 31.6 Å². The van der Waals surface area contributed by atoms with Crippen molar-refractivity contribution < 1.29 is 13.2 Å². The van der Waals surface area contributed by atoms with Gasteiger partial charge in [-0.2, -0.15) is 0 Å². The molecule has 0 aromatic rings. The first-order chi connectivity index (χ1) is 10.1. The zero-order valence-electron chi connectivity index (χ0n) is 12.6. The van der Waals surface area contributed by atoms with Gasteiger partial charge in [0.1, 0.15) is 0 Å². The summed E-state index contributed by atoms with van der Waals surface area (Å²) < 4.78 is 23.3. The fourth-order valence-electron chi connectivity index (χ4n) is 4.26. The molecule has 2 heterocycles. The predicted octanol–water partition coefficient (Wildman–Crippen LogP) is 0.944. The summed E-state index contributed by atoms with van der Waals surface area (Å²) in [5.41, 5.74) is 0. The van der Waals surface area contributed by atoms with E-state index in [1.165, 1.54) is 25.7 Å². The Morgan fingerprint density at radius 1 is 1.14 bits per heavy atom. The standard InChI is InChI=1S/C15H26N2O3S/c18-15(10-13-11-21(19,20)9-7-16-13)17-8-3-6-14(17)12-4-1-2-5-12/h12-14,16H,1-11H2. The molecule has 1 saturated carbocycles. The Bertz CT molecular complexity index is 485. The highest BCUT2D eigenvalue weighted by molar-refractivity contribution is 7.91. The normalized spacial score (nSPS) is 33.4. The number of nitrogens with one attached hydrogen (secondary N) is 1. The second-order valence-electron chi connectivity index (χ2n) is 6.81. The molecule has 2 atom stereocenters. The highest BCUT2D eigenvalue weighted by atomic mass is 32.2. The Balaban J connectivity index is 1.59. The zero-order chi connectivity index (χ0) is 14.9. The topological polar surface area (TPSA) is 66.5 Å². The third kappa shape index (κ3) is 3.59. The van der Waals surface area contributed by atoms with Crippen LogP contribution in [0.2, 0.25) is 0 Å². The summed E-state index contributed by atoms with van der Waals surface area (Å²) in [5.74, 6) is 1.14. The van der Waals surface area contributed by atoms with Crippen LogP contribution in [-0.2, 0) is 14.6 Å². The zero-order valence-corrected chi connectivity index (χ0v) is 13.4. The van der Waals surface area contributed by atoms with E-state index >= 15 is 0 Å². The van der Waals surface area contributed by atoms with Crippen LogP contribution in [0.3, 0.4) is 0 Å². The highest BCUT2D eigenvalue weighted by Crippen LogP contribution is 2.35. The predicted molar refractivity (Wildman–Crippen MR) is 81.8 cm³/mol. The van der Waals surface area contributed by atoms with Crippen molar-refractivity contribution in [1.29, 1.82) is 0 Å². The van der Waals surface area contributed by atoms with Gasteiger partial charge in [-0.1, -0.05) is 12.8 Å². The summed E-state index contributed by atoms with van der Waals surface area (Å²) >= 11 is 0. The molecule has 1 N–H and O–H groups in total. The number of amides is 1. The van der Waals surface area contributed by atoms with Crippen LogP contribution in [0.25, 0.3) is 0 Å². The molecule has 6 heteroatoms. The second-order valence-corrected chi connectivity index (χ2v) is 9.04. The molecular formula is C15H26N2O3S. The molecule has 1 amide bonds. The summed E-state index contributed by atoms with van der Waals surface area (Å²) in [6.07, 6.45) is 7.67. The Kier molecular flexibility index (Phi) is 4.54. The van der Waals surface area contributed by atoms with E-state index in [1.54, 1.807) is 0 Å². The van der Waals surface area contributed by atoms with Crippen molar-refractivity contribution in [2.45, 2.75) is 57.0 Å². The van der Waals surface area contributed by atoms with Crippen molar-refractivity contribution >= 4 is 15.7 Å². The smallest absolute Gasteiger partial charge is 0.224 e. The first-order valence-electron chi connectivity index (χ1n) is 8.28. The van der Waals surface area contributed by atoms with Crippen LogP contribution in [0.1, 0.15) is 44.9 Å². The lowest BCUT2D eigenvalue weighted by Gasteiger charge is -2.31. The van der Waals surface area contributed by atoms with E-state index in [9.17, 15) is 13.2 Å². The highest BCUT2D eigenvalue weighted by Gasteiger charge is 2.37. The van der Waals surface area contributed by atoms with Crippen LogP contribution < -0.4 is 5.32 Å². The van der Waals surface area contributed by atoms with Crippen LogP contribution >= 0.6 is 0 Å². The molecule has 1 aliphatic carbocycles. The third-order valence-electron chi connectivity index (χ3n) is 5.29. The molecule has 0 bridgehead atoms. The number of hydrogen-bond donors (Lipinski definition) is 1. The molecular weight excluding hydrogens is 288 g/mol. The molecule has 2 unspecified atom stereocenters. The molecule has 120 valence electrons. The summed E-state index contributed by atoms with van der Waals surface area (Å²) in [7, 11) is -2.96. The number of sulfone groups is 1. The van der Waals surface area contributed by atoms with Gasteiger partial charge < -0.3 is 10.2 Å². The minimum atomic E-state index is -2.96. The Labute approximate surface area is 127 Å². The number of hydrogen-bond acceptors (Lipinski definition) is 4.